The molecule has 0 aromatic heterocycles. The maximum absolute atomic E-state index is 12.6. The normalized spacial score (nSPS) is 21.5. The molecule has 5 nitrogen and oxygen atoms in total. The van der Waals surface area contributed by atoms with Crippen LogP contribution in [0.25, 0.3) is 0 Å². The van der Waals surface area contributed by atoms with Crippen molar-refractivity contribution in [2.75, 3.05) is 18.4 Å². The van der Waals surface area contributed by atoms with Crippen molar-refractivity contribution in [2.24, 2.45) is 11.3 Å². The van der Waals surface area contributed by atoms with E-state index < -0.39 is 11.4 Å². The SMILES string of the molecule is CC(C)C1(C(=O)Nc2ccc(Br)c(C(=O)O)c2)CCNC1. The molecule has 114 valence electrons. The number of amides is 1. The number of hydrogen-bond acceptors (Lipinski definition) is 3. The highest BCUT2D eigenvalue weighted by Crippen LogP contribution is 2.35. The predicted octanol–water partition coefficient (Wildman–Crippen LogP) is 2.72. The fraction of sp³-hybridized carbons (Fsp3) is 0.467. The molecule has 3 N–H and O–H groups in total. The molecular formula is C15H19BrN2O3. The lowest BCUT2D eigenvalue weighted by Gasteiger charge is -2.31. The third-order valence-corrected chi connectivity index (χ3v) is 4.89. The number of nitrogens with one attached hydrogen (secondary N) is 2. The van der Waals surface area contributed by atoms with Gasteiger partial charge in [-0.3, -0.25) is 4.79 Å². The number of aromatic carboxylic acids is 1. The van der Waals surface area contributed by atoms with E-state index in [1.165, 1.54) is 6.07 Å². The van der Waals surface area contributed by atoms with Crippen molar-refractivity contribution in [3.05, 3.63) is 28.2 Å². The van der Waals surface area contributed by atoms with Crippen molar-refractivity contribution >= 4 is 33.5 Å². The second kappa shape index (κ2) is 6.15. The summed E-state index contributed by atoms with van der Waals surface area (Å²) in [6, 6.07) is 4.81. The van der Waals surface area contributed by atoms with Gasteiger partial charge < -0.3 is 15.7 Å². The minimum absolute atomic E-state index is 0.0545. The van der Waals surface area contributed by atoms with E-state index >= 15 is 0 Å². The lowest BCUT2D eigenvalue weighted by atomic mass is 9.75. The summed E-state index contributed by atoms with van der Waals surface area (Å²) in [6.07, 6.45) is 0.790. The Kier molecular flexibility index (Phi) is 4.68. The van der Waals surface area contributed by atoms with Crippen LogP contribution in [-0.2, 0) is 4.79 Å². The lowest BCUT2D eigenvalue weighted by Crippen LogP contribution is -2.42. The van der Waals surface area contributed by atoms with Crippen LogP contribution in [0, 0.1) is 11.3 Å². The maximum atomic E-state index is 12.6. The zero-order chi connectivity index (χ0) is 15.6. The van der Waals surface area contributed by atoms with E-state index in [0.717, 1.165) is 13.0 Å². The van der Waals surface area contributed by atoms with Crippen LogP contribution in [0.1, 0.15) is 30.6 Å². The first-order chi connectivity index (χ1) is 9.86. The highest BCUT2D eigenvalue weighted by molar-refractivity contribution is 9.10. The van der Waals surface area contributed by atoms with E-state index in [9.17, 15) is 9.59 Å². The molecule has 2 rings (SSSR count). The van der Waals surface area contributed by atoms with Crippen LogP contribution >= 0.6 is 15.9 Å². The van der Waals surface area contributed by atoms with Gasteiger partial charge in [0.1, 0.15) is 0 Å². The Hall–Kier alpha value is -1.40. The van der Waals surface area contributed by atoms with Gasteiger partial charge in [0.25, 0.3) is 0 Å². The molecule has 6 heteroatoms. The van der Waals surface area contributed by atoms with E-state index in [4.69, 9.17) is 5.11 Å². The summed E-state index contributed by atoms with van der Waals surface area (Å²) < 4.78 is 0.495. The summed E-state index contributed by atoms with van der Waals surface area (Å²) >= 11 is 3.19. The average molecular weight is 355 g/mol. The minimum atomic E-state index is -1.03. The van der Waals surface area contributed by atoms with Crippen LogP contribution in [0.5, 0.6) is 0 Å². The van der Waals surface area contributed by atoms with Crippen LogP contribution in [0.15, 0.2) is 22.7 Å². The van der Waals surface area contributed by atoms with Gasteiger partial charge in [-0.1, -0.05) is 13.8 Å². The molecule has 1 aliphatic rings. The molecule has 1 aliphatic heterocycles. The molecule has 1 fully saturated rings. The van der Waals surface area contributed by atoms with Crippen molar-refractivity contribution in [3.8, 4) is 0 Å². The number of carbonyl (C=O) groups is 2. The standard InChI is InChI=1S/C15H19BrN2O3/c1-9(2)15(5-6-17-8-15)14(21)18-10-3-4-12(16)11(7-10)13(19)20/h3-4,7,9,17H,5-6,8H2,1-2H3,(H,18,21)(H,19,20). The molecule has 1 heterocycles. The molecule has 0 aliphatic carbocycles. The molecule has 1 unspecified atom stereocenters. The number of halogens is 1. The molecule has 0 spiro atoms. The second-order valence-electron chi connectivity index (χ2n) is 5.69. The van der Waals surface area contributed by atoms with E-state index in [1.807, 2.05) is 13.8 Å². The first-order valence-corrected chi connectivity index (χ1v) is 7.71. The molecule has 21 heavy (non-hydrogen) atoms. The molecule has 0 saturated carbocycles. The monoisotopic (exact) mass is 354 g/mol. The van der Waals surface area contributed by atoms with Crippen LogP contribution in [-0.4, -0.2) is 30.1 Å². The average Bonchev–Trinajstić information content (AvgIpc) is 2.91. The fourth-order valence-corrected chi connectivity index (χ4v) is 3.10. The van der Waals surface area contributed by atoms with Gasteiger partial charge in [-0.2, -0.15) is 0 Å². The first-order valence-electron chi connectivity index (χ1n) is 6.92. The van der Waals surface area contributed by atoms with Gasteiger partial charge in [-0.25, -0.2) is 4.79 Å². The third kappa shape index (κ3) is 3.11. The van der Waals surface area contributed by atoms with Gasteiger partial charge in [-0.05, 0) is 53.0 Å². The molecular weight excluding hydrogens is 336 g/mol. The minimum Gasteiger partial charge on any atom is -0.478 e. The van der Waals surface area contributed by atoms with E-state index in [0.29, 0.717) is 16.7 Å². The molecule has 1 aromatic carbocycles. The Bertz CT molecular complexity index is 566. The summed E-state index contributed by atoms with van der Waals surface area (Å²) in [5.74, 6) is -0.873. The Balaban J connectivity index is 2.23. The van der Waals surface area contributed by atoms with Crippen LogP contribution < -0.4 is 10.6 Å². The largest absolute Gasteiger partial charge is 0.478 e. The zero-order valence-electron chi connectivity index (χ0n) is 12.1. The van der Waals surface area contributed by atoms with Gasteiger partial charge in [-0.15, -0.1) is 0 Å². The number of rotatable bonds is 4. The summed E-state index contributed by atoms with van der Waals surface area (Å²) in [6.45, 7) is 5.55. The Morgan fingerprint density at radius 3 is 2.67 bits per heavy atom. The van der Waals surface area contributed by atoms with E-state index in [1.54, 1.807) is 12.1 Å². The molecule has 1 amide bonds. The summed E-state index contributed by atoms with van der Waals surface area (Å²) in [4.78, 5) is 23.8. The van der Waals surface area contributed by atoms with Gasteiger partial charge in [0.2, 0.25) is 5.91 Å². The van der Waals surface area contributed by atoms with Crippen molar-refractivity contribution in [1.82, 2.24) is 5.32 Å². The van der Waals surface area contributed by atoms with Gasteiger partial charge in [0.05, 0.1) is 11.0 Å². The van der Waals surface area contributed by atoms with E-state index in [-0.39, 0.29) is 17.4 Å². The molecule has 1 aromatic rings. The second-order valence-corrected chi connectivity index (χ2v) is 6.55. The van der Waals surface area contributed by atoms with Crippen LogP contribution in [0.4, 0.5) is 5.69 Å². The van der Waals surface area contributed by atoms with Crippen molar-refractivity contribution in [1.29, 1.82) is 0 Å². The molecule has 0 bridgehead atoms. The highest BCUT2D eigenvalue weighted by Gasteiger charge is 2.43. The number of carboxylic acid groups (broad SMARTS) is 1. The molecule has 0 radical (unpaired) electrons. The third-order valence-electron chi connectivity index (χ3n) is 4.20. The topological polar surface area (TPSA) is 78.4 Å². The van der Waals surface area contributed by atoms with Crippen molar-refractivity contribution < 1.29 is 14.7 Å². The van der Waals surface area contributed by atoms with Crippen molar-refractivity contribution in [3.63, 3.8) is 0 Å². The highest BCUT2D eigenvalue weighted by atomic mass is 79.9. The maximum Gasteiger partial charge on any atom is 0.336 e. The Morgan fingerprint density at radius 1 is 1.43 bits per heavy atom. The Labute approximate surface area is 132 Å². The number of anilines is 1. The Morgan fingerprint density at radius 2 is 2.14 bits per heavy atom. The summed E-state index contributed by atoms with van der Waals surface area (Å²) in [5.41, 5.74) is 0.208. The quantitative estimate of drug-likeness (QED) is 0.776. The zero-order valence-corrected chi connectivity index (χ0v) is 13.7. The molecule has 1 atom stereocenters. The van der Waals surface area contributed by atoms with Crippen LogP contribution in [0.3, 0.4) is 0 Å². The first kappa shape index (κ1) is 16.0. The van der Waals surface area contributed by atoms with Gasteiger partial charge in [0.15, 0.2) is 0 Å². The predicted molar refractivity (Wildman–Crippen MR) is 84.5 cm³/mol. The van der Waals surface area contributed by atoms with Gasteiger partial charge in [0, 0.05) is 16.7 Å². The summed E-state index contributed by atoms with van der Waals surface area (Å²) in [5, 5.41) is 15.2. The lowest BCUT2D eigenvalue weighted by molar-refractivity contribution is -0.126. The van der Waals surface area contributed by atoms with E-state index in [2.05, 4.69) is 26.6 Å². The number of carbonyl (C=O) groups excluding carboxylic acids is 1. The number of carboxylic acids is 1. The molecule has 1 saturated heterocycles. The summed E-state index contributed by atoms with van der Waals surface area (Å²) in [7, 11) is 0. The van der Waals surface area contributed by atoms with Gasteiger partial charge >= 0.3 is 5.97 Å². The number of benzene rings is 1. The smallest absolute Gasteiger partial charge is 0.336 e. The van der Waals surface area contributed by atoms with Crippen LogP contribution in [0.2, 0.25) is 0 Å². The number of hydrogen-bond donors (Lipinski definition) is 3. The van der Waals surface area contributed by atoms with Crippen molar-refractivity contribution in [2.45, 2.75) is 20.3 Å². The fourth-order valence-electron chi connectivity index (χ4n) is 2.68.